The van der Waals surface area contributed by atoms with E-state index in [1.165, 1.54) is 22.3 Å². The van der Waals surface area contributed by atoms with Crippen molar-refractivity contribution in [1.82, 2.24) is 0 Å². The van der Waals surface area contributed by atoms with Gasteiger partial charge < -0.3 is 0 Å². The van der Waals surface area contributed by atoms with Crippen molar-refractivity contribution >= 4 is 10.2 Å². The zero-order valence-corrected chi connectivity index (χ0v) is 17.5. The fourth-order valence-corrected chi connectivity index (χ4v) is 3.49. The van der Waals surface area contributed by atoms with E-state index in [0.29, 0.717) is 0 Å². The van der Waals surface area contributed by atoms with Crippen molar-refractivity contribution in [3.63, 3.8) is 0 Å². The molecule has 0 amide bonds. The van der Waals surface area contributed by atoms with E-state index in [2.05, 4.69) is 109 Å². The maximum atomic E-state index is 3.48. The van der Waals surface area contributed by atoms with E-state index in [1.807, 2.05) is 12.1 Å². The zero-order valence-electron chi connectivity index (χ0n) is 16.2. The molecule has 0 spiro atoms. The number of para-hydroxylation sites is 1. The van der Waals surface area contributed by atoms with Crippen molar-refractivity contribution < 1.29 is 15.9 Å². The van der Waals surface area contributed by atoms with Gasteiger partial charge in [0.25, 0.3) is 0 Å². The summed E-state index contributed by atoms with van der Waals surface area (Å²) >= 11 is 3.14. The quantitative estimate of drug-likeness (QED) is 0.587. The Morgan fingerprint density at radius 2 is 1.41 bits per heavy atom. The summed E-state index contributed by atoms with van der Waals surface area (Å²) in [7, 11) is 0. The molecule has 0 bridgehead atoms. The normalized spacial score (nSPS) is 10.1. The van der Waals surface area contributed by atoms with Crippen LogP contribution in [-0.2, 0) is 15.9 Å². The van der Waals surface area contributed by atoms with Gasteiger partial charge in [-0.2, -0.15) is 0 Å². The molecular weight excluding hydrogens is 366 g/mol. The van der Waals surface area contributed by atoms with Gasteiger partial charge in [-0.25, -0.2) is 0 Å². The molecule has 0 atom stereocenters. The summed E-state index contributed by atoms with van der Waals surface area (Å²) < 4.78 is 0.993. The first kappa shape index (κ1) is 19.2. The molecule has 3 rings (SSSR count). The van der Waals surface area contributed by atoms with Crippen molar-refractivity contribution in [3.8, 4) is 11.8 Å². The topological polar surface area (TPSA) is 12.0 Å². The summed E-state index contributed by atoms with van der Waals surface area (Å²) in [6.45, 7) is 8.46. The molecule has 0 aliphatic carbocycles. The first-order valence-electron chi connectivity index (χ1n) is 9.01. The molecule has 0 unspecified atom stereocenters. The van der Waals surface area contributed by atoms with Crippen LogP contribution in [0.4, 0.5) is 5.69 Å². The molecule has 0 saturated heterocycles. The predicted molar refractivity (Wildman–Crippen MR) is 112 cm³/mol. The Hall–Kier alpha value is -2.58. The molecule has 0 aliphatic rings. The van der Waals surface area contributed by atoms with Crippen LogP contribution in [0.15, 0.2) is 60.7 Å². The Morgan fingerprint density at radius 3 is 2.07 bits per heavy atom. The van der Waals surface area contributed by atoms with Gasteiger partial charge in [0.15, 0.2) is 0 Å². The molecule has 2 heteroatoms. The summed E-state index contributed by atoms with van der Waals surface area (Å²) in [5, 5.41) is 3.48. The van der Waals surface area contributed by atoms with Crippen LogP contribution in [-0.4, -0.2) is 4.50 Å². The second-order valence-corrected chi connectivity index (χ2v) is 7.53. The van der Waals surface area contributed by atoms with Gasteiger partial charge in [-0.15, -0.1) is 0 Å². The van der Waals surface area contributed by atoms with E-state index in [9.17, 15) is 0 Å². The Labute approximate surface area is 170 Å². The van der Waals surface area contributed by atoms with Gasteiger partial charge in [0, 0.05) is 0 Å². The van der Waals surface area contributed by atoms with E-state index in [1.54, 1.807) is 0 Å². The number of rotatable bonds is 3. The Balaban J connectivity index is 1.90. The SMILES string of the molecule is Cc1ccc([C](=[Cr])Nc2ccccc2C#Cc2c(C)cc(C)cc2C)cc1. The van der Waals surface area contributed by atoms with Gasteiger partial charge in [-0.05, 0) is 0 Å². The molecule has 0 radical (unpaired) electrons. The molecule has 1 nitrogen and oxygen atoms in total. The summed E-state index contributed by atoms with van der Waals surface area (Å²) in [6.07, 6.45) is 0. The third kappa shape index (κ3) is 4.78. The summed E-state index contributed by atoms with van der Waals surface area (Å²) in [5.74, 6) is 6.73. The van der Waals surface area contributed by atoms with Gasteiger partial charge in [0.05, 0.1) is 0 Å². The number of aryl methyl sites for hydroxylation is 4. The van der Waals surface area contributed by atoms with Crippen LogP contribution < -0.4 is 5.32 Å². The van der Waals surface area contributed by atoms with Gasteiger partial charge in [-0.1, -0.05) is 0 Å². The molecule has 0 fully saturated rings. The molecule has 27 heavy (non-hydrogen) atoms. The average Bonchev–Trinajstić information content (AvgIpc) is 2.62. The molecule has 0 aliphatic heterocycles. The molecule has 0 heterocycles. The van der Waals surface area contributed by atoms with Gasteiger partial charge in [0.2, 0.25) is 0 Å². The maximum absolute atomic E-state index is 3.48. The van der Waals surface area contributed by atoms with Crippen molar-refractivity contribution in [2.45, 2.75) is 27.7 Å². The minimum absolute atomic E-state index is 0.983. The van der Waals surface area contributed by atoms with Gasteiger partial charge >= 0.3 is 171 Å². The van der Waals surface area contributed by atoms with E-state index in [-0.39, 0.29) is 0 Å². The monoisotopic (exact) mass is 389 g/mol. The van der Waals surface area contributed by atoms with Crippen molar-refractivity contribution in [2.75, 3.05) is 5.32 Å². The Morgan fingerprint density at radius 1 is 0.778 bits per heavy atom. The number of hydrogen-bond acceptors (Lipinski definition) is 1. The molecule has 0 saturated carbocycles. The van der Waals surface area contributed by atoms with E-state index >= 15 is 0 Å². The van der Waals surface area contributed by atoms with Crippen molar-refractivity contribution in [3.05, 3.63) is 99.6 Å². The molecule has 3 aromatic carbocycles. The molecule has 1 N–H and O–H groups in total. The second kappa shape index (κ2) is 8.41. The van der Waals surface area contributed by atoms with Crippen LogP contribution in [0.3, 0.4) is 0 Å². The fraction of sp³-hybridized carbons (Fsp3) is 0.160. The van der Waals surface area contributed by atoms with E-state index in [4.69, 9.17) is 0 Å². The number of benzene rings is 3. The predicted octanol–water partition coefficient (Wildman–Crippen LogP) is 5.46. The number of hydrogen-bond donors (Lipinski definition) is 1. The summed E-state index contributed by atoms with van der Waals surface area (Å²) in [6, 6.07) is 21.0. The zero-order chi connectivity index (χ0) is 19.4. The van der Waals surface area contributed by atoms with Gasteiger partial charge in [-0.3, -0.25) is 0 Å². The fourth-order valence-electron chi connectivity index (χ4n) is 3.11. The van der Waals surface area contributed by atoms with Crippen molar-refractivity contribution in [1.29, 1.82) is 0 Å². The Kier molecular flexibility index (Phi) is 5.98. The third-order valence-corrected chi connectivity index (χ3v) is 5.02. The van der Waals surface area contributed by atoms with Crippen LogP contribution >= 0.6 is 0 Å². The first-order chi connectivity index (χ1) is 12.9. The number of anilines is 1. The molecule has 134 valence electrons. The van der Waals surface area contributed by atoms with Gasteiger partial charge in [0.1, 0.15) is 0 Å². The third-order valence-electron chi connectivity index (χ3n) is 4.49. The minimum atomic E-state index is 0.983. The molecule has 0 aromatic heterocycles. The standard InChI is InChI=1S/C25H23N.Cr/c1-18-9-11-22(12-10-18)17-26-25-8-6-5-7-23(25)13-14-24-20(3)15-19(2)16-21(24)4;/h5-12,15-16,26H,1-4H3;. The van der Waals surface area contributed by atoms with Crippen LogP contribution in [0.1, 0.15) is 38.9 Å². The first-order valence-corrected chi connectivity index (χ1v) is 9.65. The molecule has 3 aromatic rings. The Bertz CT molecular complexity index is 1030. The van der Waals surface area contributed by atoms with Crippen molar-refractivity contribution in [2.24, 2.45) is 0 Å². The molecular formula is C25H23CrN. The van der Waals surface area contributed by atoms with Crippen LogP contribution in [0.2, 0.25) is 0 Å². The van der Waals surface area contributed by atoms with Crippen LogP contribution in [0, 0.1) is 39.5 Å². The second-order valence-electron chi connectivity index (χ2n) is 6.89. The van der Waals surface area contributed by atoms with E-state index < -0.39 is 0 Å². The summed E-state index contributed by atoms with van der Waals surface area (Å²) in [4.78, 5) is 0. The number of nitrogens with one attached hydrogen (secondary N) is 1. The van der Waals surface area contributed by atoms with Crippen LogP contribution in [0.25, 0.3) is 0 Å². The average molecular weight is 389 g/mol. The summed E-state index contributed by atoms with van der Waals surface area (Å²) in [5.41, 5.74) is 9.20. The van der Waals surface area contributed by atoms with E-state index in [0.717, 1.165) is 26.9 Å². The van der Waals surface area contributed by atoms with Crippen LogP contribution in [0.5, 0.6) is 0 Å².